The van der Waals surface area contributed by atoms with Crippen LogP contribution in [0.4, 0.5) is 13.2 Å². The van der Waals surface area contributed by atoms with Crippen LogP contribution in [-0.2, 0) is 19.9 Å². The van der Waals surface area contributed by atoms with E-state index < -0.39 is 12.1 Å². The molecule has 3 atom stereocenters. The molecule has 2 N–H and O–H groups in total. The maximum atomic E-state index is 13.0. The van der Waals surface area contributed by atoms with Crippen molar-refractivity contribution >= 4 is 0 Å². The topological polar surface area (TPSA) is 43.8 Å². The molecule has 1 aromatic rings. The molecule has 0 bridgehead atoms. The predicted octanol–water partition coefficient (Wildman–Crippen LogP) is 3.07. The molecule has 0 amide bonds. The fourth-order valence-electron chi connectivity index (χ4n) is 3.84. The van der Waals surface area contributed by atoms with Crippen molar-refractivity contribution in [3.63, 3.8) is 0 Å². The zero-order valence-corrected chi connectivity index (χ0v) is 12.3. The van der Waals surface area contributed by atoms with Gasteiger partial charge >= 0.3 is 6.18 Å². The van der Waals surface area contributed by atoms with Crippen molar-refractivity contribution in [1.29, 1.82) is 0 Å². The van der Waals surface area contributed by atoms with Crippen LogP contribution in [0.2, 0.25) is 0 Å². The lowest BCUT2D eigenvalue weighted by molar-refractivity contribution is -0.183. The van der Waals surface area contributed by atoms with Crippen molar-refractivity contribution in [2.24, 2.45) is 18.7 Å². The highest BCUT2D eigenvalue weighted by Crippen LogP contribution is 2.43. The molecule has 21 heavy (non-hydrogen) atoms. The third-order valence-electron chi connectivity index (χ3n) is 5.04. The van der Waals surface area contributed by atoms with Crippen LogP contribution in [0.25, 0.3) is 0 Å². The lowest BCUT2D eigenvalue weighted by atomic mass is 9.80. The Morgan fingerprint density at radius 3 is 2.71 bits per heavy atom. The summed E-state index contributed by atoms with van der Waals surface area (Å²) >= 11 is 0. The number of halogens is 3. The van der Waals surface area contributed by atoms with E-state index in [1.54, 1.807) is 0 Å². The summed E-state index contributed by atoms with van der Waals surface area (Å²) in [6.07, 6.45) is 0.365. The Bertz CT molecular complexity index is 521. The molecule has 0 saturated heterocycles. The fraction of sp³-hybridized carbons (Fsp3) is 0.800. The molecule has 6 heteroatoms. The Morgan fingerprint density at radius 1 is 1.24 bits per heavy atom. The molecule has 118 valence electrons. The number of rotatable bonds is 1. The second kappa shape index (κ2) is 5.30. The third-order valence-corrected chi connectivity index (χ3v) is 5.04. The van der Waals surface area contributed by atoms with Crippen LogP contribution in [-0.4, -0.2) is 21.8 Å². The van der Waals surface area contributed by atoms with Crippen molar-refractivity contribution in [2.75, 3.05) is 0 Å². The Kier molecular flexibility index (Phi) is 3.76. The number of hydrogen-bond acceptors (Lipinski definition) is 2. The average molecular weight is 301 g/mol. The van der Waals surface area contributed by atoms with Gasteiger partial charge in [0.2, 0.25) is 0 Å². The second-order valence-corrected chi connectivity index (χ2v) is 6.53. The van der Waals surface area contributed by atoms with Crippen LogP contribution in [0.15, 0.2) is 0 Å². The quantitative estimate of drug-likeness (QED) is 0.866. The van der Waals surface area contributed by atoms with E-state index in [2.05, 4.69) is 4.98 Å². The number of nitrogens with two attached hydrogens (primary N) is 1. The molecular formula is C15H22F3N3. The zero-order valence-electron chi connectivity index (χ0n) is 12.3. The van der Waals surface area contributed by atoms with Crippen molar-refractivity contribution < 1.29 is 13.2 Å². The lowest BCUT2D eigenvalue weighted by Crippen LogP contribution is -2.29. The number of nitrogens with zero attached hydrogens (tertiary/aromatic N) is 2. The van der Waals surface area contributed by atoms with Gasteiger partial charge in [0.05, 0.1) is 11.6 Å². The summed E-state index contributed by atoms with van der Waals surface area (Å²) in [5.74, 6) is -0.410. The van der Waals surface area contributed by atoms with E-state index in [1.807, 2.05) is 11.6 Å². The highest BCUT2D eigenvalue weighted by Gasteiger charge is 2.43. The molecule has 1 fully saturated rings. The molecule has 1 saturated carbocycles. The van der Waals surface area contributed by atoms with Gasteiger partial charge < -0.3 is 10.3 Å². The summed E-state index contributed by atoms with van der Waals surface area (Å²) in [6, 6.07) is 0.134. The summed E-state index contributed by atoms with van der Waals surface area (Å²) in [4.78, 5) is 4.66. The van der Waals surface area contributed by atoms with Crippen LogP contribution in [0.1, 0.15) is 55.2 Å². The summed E-state index contributed by atoms with van der Waals surface area (Å²) < 4.78 is 40.9. The monoisotopic (exact) mass is 301 g/mol. The Labute approximate surface area is 122 Å². The summed E-state index contributed by atoms with van der Waals surface area (Å²) in [6.45, 7) is 0. The largest absolute Gasteiger partial charge is 0.391 e. The average Bonchev–Trinajstić information content (AvgIpc) is 2.74. The smallest absolute Gasteiger partial charge is 0.335 e. The van der Waals surface area contributed by atoms with Gasteiger partial charge in [-0.25, -0.2) is 4.98 Å². The maximum absolute atomic E-state index is 13.0. The van der Waals surface area contributed by atoms with Crippen LogP contribution < -0.4 is 5.73 Å². The molecule has 0 radical (unpaired) electrons. The lowest BCUT2D eigenvalue weighted by Gasteiger charge is -2.30. The first-order valence-electron chi connectivity index (χ1n) is 7.73. The number of alkyl halides is 3. The first kappa shape index (κ1) is 14.9. The first-order valence-corrected chi connectivity index (χ1v) is 7.73. The predicted molar refractivity (Wildman–Crippen MR) is 74.0 cm³/mol. The van der Waals surface area contributed by atoms with Gasteiger partial charge in [-0.2, -0.15) is 13.2 Å². The van der Waals surface area contributed by atoms with Gasteiger partial charge in [-0.15, -0.1) is 0 Å². The van der Waals surface area contributed by atoms with E-state index in [1.165, 1.54) is 5.69 Å². The molecule has 3 unspecified atom stereocenters. The van der Waals surface area contributed by atoms with Crippen molar-refractivity contribution in [3.8, 4) is 0 Å². The molecule has 0 aliphatic heterocycles. The molecule has 0 spiro atoms. The summed E-state index contributed by atoms with van der Waals surface area (Å²) in [5.41, 5.74) is 8.14. The van der Waals surface area contributed by atoms with E-state index in [0.29, 0.717) is 6.42 Å². The summed E-state index contributed by atoms with van der Waals surface area (Å²) in [7, 11) is 1.94. The van der Waals surface area contributed by atoms with E-state index in [-0.39, 0.29) is 24.8 Å². The Hall–Kier alpha value is -1.04. The SMILES string of the molecule is Cn1c(C2CCCC(C(F)(F)F)C2)nc2c1CCC(N)C2. The van der Waals surface area contributed by atoms with Crippen molar-refractivity contribution in [2.45, 2.75) is 63.1 Å². The van der Waals surface area contributed by atoms with E-state index in [4.69, 9.17) is 5.73 Å². The molecule has 1 heterocycles. The molecule has 3 nitrogen and oxygen atoms in total. The number of hydrogen-bond donors (Lipinski definition) is 1. The van der Waals surface area contributed by atoms with Gasteiger partial charge in [-0.05, 0) is 32.1 Å². The third kappa shape index (κ3) is 2.82. The normalized spacial score (nSPS) is 30.2. The van der Waals surface area contributed by atoms with Crippen LogP contribution in [0.5, 0.6) is 0 Å². The molecular weight excluding hydrogens is 279 g/mol. The maximum Gasteiger partial charge on any atom is 0.391 e. The molecule has 2 aliphatic carbocycles. The molecule has 0 aromatic carbocycles. The Balaban J connectivity index is 1.84. The van der Waals surface area contributed by atoms with Crippen LogP contribution in [0.3, 0.4) is 0 Å². The Morgan fingerprint density at radius 2 is 2.00 bits per heavy atom. The number of imidazole rings is 1. The molecule has 3 rings (SSSR count). The van der Waals surface area contributed by atoms with Crippen molar-refractivity contribution in [1.82, 2.24) is 9.55 Å². The fourth-order valence-corrected chi connectivity index (χ4v) is 3.84. The number of fused-ring (bicyclic) bond motifs is 1. The number of aromatic nitrogens is 2. The van der Waals surface area contributed by atoms with Gasteiger partial charge in [0, 0.05) is 31.1 Å². The highest BCUT2D eigenvalue weighted by atomic mass is 19.4. The van der Waals surface area contributed by atoms with Crippen LogP contribution in [0, 0.1) is 5.92 Å². The first-order chi connectivity index (χ1) is 9.86. The summed E-state index contributed by atoms with van der Waals surface area (Å²) in [5, 5.41) is 0. The van der Waals surface area contributed by atoms with E-state index >= 15 is 0 Å². The van der Waals surface area contributed by atoms with E-state index in [0.717, 1.165) is 37.2 Å². The zero-order chi connectivity index (χ0) is 15.2. The minimum atomic E-state index is -4.08. The van der Waals surface area contributed by atoms with E-state index in [9.17, 15) is 13.2 Å². The second-order valence-electron chi connectivity index (χ2n) is 6.53. The van der Waals surface area contributed by atoms with Gasteiger partial charge in [-0.1, -0.05) is 6.42 Å². The van der Waals surface area contributed by atoms with Crippen LogP contribution >= 0.6 is 0 Å². The molecule has 1 aromatic heterocycles. The van der Waals surface area contributed by atoms with Crippen molar-refractivity contribution in [3.05, 3.63) is 17.2 Å². The standard InChI is InChI=1S/C15H22F3N3/c1-21-13-6-5-11(19)8-12(13)20-14(21)9-3-2-4-10(7-9)15(16,17)18/h9-11H,2-8,19H2,1H3. The highest BCUT2D eigenvalue weighted by molar-refractivity contribution is 5.23. The minimum absolute atomic E-state index is 0.0720. The van der Waals surface area contributed by atoms with Gasteiger partial charge in [0.25, 0.3) is 0 Å². The van der Waals surface area contributed by atoms with Gasteiger partial charge in [-0.3, -0.25) is 0 Å². The van der Waals surface area contributed by atoms with Gasteiger partial charge in [0.1, 0.15) is 5.82 Å². The van der Waals surface area contributed by atoms with Gasteiger partial charge in [0.15, 0.2) is 0 Å². The minimum Gasteiger partial charge on any atom is -0.335 e. The molecule has 2 aliphatic rings.